The van der Waals surface area contributed by atoms with Crippen LogP contribution in [0, 0.1) is 9.39 Å². The molecule has 1 aliphatic carbocycles. The van der Waals surface area contributed by atoms with E-state index in [0.29, 0.717) is 11.7 Å². The summed E-state index contributed by atoms with van der Waals surface area (Å²) in [6.07, 6.45) is 3.95. The average Bonchev–Trinajstić information content (AvgIpc) is 2.99. The molecule has 7 heteroatoms. The topological polar surface area (TPSA) is 64.9 Å². The van der Waals surface area contributed by atoms with Crippen LogP contribution in [-0.2, 0) is 5.54 Å². The van der Waals surface area contributed by atoms with Crippen molar-refractivity contribution in [2.24, 2.45) is 5.73 Å². The Morgan fingerprint density at radius 1 is 1.30 bits per heavy atom. The van der Waals surface area contributed by atoms with E-state index in [2.05, 4.69) is 32.7 Å². The van der Waals surface area contributed by atoms with Gasteiger partial charge in [-0.15, -0.1) is 12.4 Å². The van der Waals surface area contributed by atoms with Crippen molar-refractivity contribution in [3.8, 4) is 11.5 Å². The van der Waals surface area contributed by atoms with Gasteiger partial charge in [-0.1, -0.05) is 18.0 Å². The first-order valence-corrected chi connectivity index (χ1v) is 7.25. The van der Waals surface area contributed by atoms with Crippen molar-refractivity contribution in [1.82, 2.24) is 10.1 Å². The van der Waals surface area contributed by atoms with Crippen molar-refractivity contribution in [2.75, 3.05) is 0 Å². The maximum absolute atomic E-state index is 13.1. The second-order valence-corrected chi connectivity index (χ2v) is 6.07. The van der Waals surface area contributed by atoms with Gasteiger partial charge in [0.1, 0.15) is 5.82 Å². The van der Waals surface area contributed by atoms with Gasteiger partial charge in [0, 0.05) is 3.57 Å². The van der Waals surface area contributed by atoms with Gasteiger partial charge in [0.25, 0.3) is 5.89 Å². The summed E-state index contributed by atoms with van der Waals surface area (Å²) in [6, 6.07) is 4.47. The van der Waals surface area contributed by atoms with E-state index in [9.17, 15) is 4.39 Å². The predicted octanol–water partition coefficient (Wildman–Crippen LogP) is 3.63. The Balaban J connectivity index is 0.00000147. The third-order valence-corrected chi connectivity index (χ3v) is 4.42. The fraction of sp³-hybridized carbons (Fsp3) is 0.385. The fourth-order valence-electron chi connectivity index (χ4n) is 2.43. The van der Waals surface area contributed by atoms with Crippen LogP contribution < -0.4 is 5.73 Å². The molecule has 3 rings (SSSR count). The first-order valence-electron chi connectivity index (χ1n) is 6.17. The van der Waals surface area contributed by atoms with Gasteiger partial charge in [-0.3, -0.25) is 0 Å². The zero-order valence-electron chi connectivity index (χ0n) is 10.6. The molecule has 1 aromatic heterocycles. The Bertz CT molecular complexity index is 613. The van der Waals surface area contributed by atoms with E-state index >= 15 is 0 Å². The molecule has 0 amide bonds. The summed E-state index contributed by atoms with van der Waals surface area (Å²) in [5.41, 5.74) is 6.56. The Hall–Kier alpha value is -0.730. The molecule has 1 aromatic carbocycles. The van der Waals surface area contributed by atoms with Gasteiger partial charge in [0.15, 0.2) is 5.82 Å². The van der Waals surface area contributed by atoms with E-state index in [0.717, 1.165) is 34.8 Å². The molecule has 0 atom stereocenters. The smallest absolute Gasteiger partial charge is 0.259 e. The lowest BCUT2D eigenvalue weighted by Gasteiger charge is -2.17. The van der Waals surface area contributed by atoms with Crippen LogP contribution >= 0.6 is 35.0 Å². The largest absolute Gasteiger partial charge is 0.334 e. The number of nitrogens with zero attached hydrogens (tertiary/aromatic N) is 2. The Morgan fingerprint density at radius 3 is 2.65 bits per heavy atom. The number of rotatable bonds is 2. The number of aromatic nitrogens is 2. The van der Waals surface area contributed by atoms with E-state index in [-0.39, 0.29) is 18.2 Å². The van der Waals surface area contributed by atoms with Crippen molar-refractivity contribution in [1.29, 1.82) is 0 Å². The molecular formula is C13H14ClFIN3O. The molecular weight excluding hydrogens is 396 g/mol. The van der Waals surface area contributed by atoms with Crippen molar-refractivity contribution in [3.63, 3.8) is 0 Å². The first kappa shape index (κ1) is 15.7. The van der Waals surface area contributed by atoms with Crippen LogP contribution in [0.2, 0.25) is 0 Å². The van der Waals surface area contributed by atoms with Crippen molar-refractivity contribution in [2.45, 2.75) is 31.2 Å². The van der Waals surface area contributed by atoms with Crippen LogP contribution in [0.3, 0.4) is 0 Å². The molecule has 0 bridgehead atoms. The maximum Gasteiger partial charge on any atom is 0.259 e. The van der Waals surface area contributed by atoms with Gasteiger partial charge in [-0.05, 0) is 53.6 Å². The van der Waals surface area contributed by atoms with Gasteiger partial charge in [-0.25, -0.2) is 4.39 Å². The lowest BCUT2D eigenvalue weighted by atomic mass is 9.99. The van der Waals surface area contributed by atoms with E-state index in [4.69, 9.17) is 10.3 Å². The minimum Gasteiger partial charge on any atom is -0.334 e. The molecule has 4 nitrogen and oxygen atoms in total. The number of hydrogen-bond acceptors (Lipinski definition) is 4. The summed E-state index contributed by atoms with van der Waals surface area (Å²) in [5.74, 6) is 0.676. The lowest BCUT2D eigenvalue weighted by molar-refractivity contribution is 0.372. The molecule has 0 radical (unpaired) electrons. The highest BCUT2D eigenvalue weighted by Crippen LogP contribution is 2.35. The van der Waals surface area contributed by atoms with Crippen LogP contribution in [0.1, 0.15) is 31.5 Å². The number of halogens is 3. The van der Waals surface area contributed by atoms with Gasteiger partial charge < -0.3 is 10.3 Å². The van der Waals surface area contributed by atoms with E-state index in [1.54, 1.807) is 6.07 Å². The van der Waals surface area contributed by atoms with Crippen LogP contribution in [0.5, 0.6) is 0 Å². The standard InChI is InChI=1S/C13H13FIN3O.ClH/c14-8-3-4-9(10(15)7-8)11-17-12(18-19-11)13(16)5-1-2-6-13;/h3-4,7H,1-2,5-6,16H2;1H. The minimum absolute atomic E-state index is 0. The second-order valence-electron chi connectivity index (χ2n) is 4.91. The molecule has 0 saturated heterocycles. The summed E-state index contributed by atoms with van der Waals surface area (Å²) in [6.45, 7) is 0. The molecule has 0 spiro atoms. The molecule has 1 heterocycles. The van der Waals surface area contributed by atoms with Crippen LogP contribution in [0.15, 0.2) is 22.7 Å². The molecule has 0 aliphatic heterocycles. The van der Waals surface area contributed by atoms with Crippen LogP contribution in [0.25, 0.3) is 11.5 Å². The zero-order chi connectivity index (χ0) is 13.5. The zero-order valence-corrected chi connectivity index (χ0v) is 13.6. The van der Waals surface area contributed by atoms with Gasteiger partial charge in [0.2, 0.25) is 0 Å². The van der Waals surface area contributed by atoms with E-state index in [1.807, 2.05) is 0 Å². The summed E-state index contributed by atoms with van der Waals surface area (Å²) in [5, 5.41) is 4.00. The van der Waals surface area contributed by atoms with Gasteiger partial charge in [0.05, 0.1) is 11.1 Å². The summed E-state index contributed by atoms with van der Waals surface area (Å²) in [4.78, 5) is 4.39. The Labute approximate surface area is 135 Å². The Kier molecular flexibility index (Phi) is 4.66. The quantitative estimate of drug-likeness (QED) is 0.769. The molecule has 108 valence electrons. The highest BCUT2D eigenvalue weighted by atomic mass is 127. The Morgan fingerprint density at radius 2 is 2.00 bits per heavy atom. The van der Waals surface area contributed by atoms with Crippen molar-refractivity contribution >= 4 is 35.0 Å². The number of benzene rings is 1. The molecule has 2 aromatic rings. The van der Waals surface area contributed by atoms with Gasteiger partial charge >= 0.3 is 0 Å². The lowest BCUT2D eigenvalue weighted by Crippen LogP contribution is -2.34. The first-order chi connectivity index (χ1) is 9.08. The predicted molar refractivity (Wildman–Crippen MR) is 84.0 cm³/mol. The molecule has 0 unspecified atom stereocenters. The van der Waals surface area contributed by atoms with Crippen molar-refractivity contribution < 1.29 is 8.91 Å². The second kappa shape index (κ2) is 5.95. The molecule has 20 heavy (non-hydrogen) atoms. The average molecular weight is 410 g/mol. The number of nitrogens with two attached hydrogens (primary N) is 1. The summed E-state index contributed by atoms with van der Waals surface area (Å²) < 4.78 is 19.1. The summed E-state index contributed by atoms with van der Waals surface area (Å²) in [7, 11) is 0. The van der Waals surface area contributed by atoms with Crippen LogP contribution in [0.4, 0.5) is 4.39 Å². The molecule has 1 saturated carbocycles. The van der Waals surface area contributed by atoms with Gasteiger partial charge in [-0.2, -0.15) is 4.98 Å². The summed E-state index contributed by atoms with van der Waals surface area (Å²) >= 11 is 2.05. The van der Waals surface area contributed by atoms with Crippen molar-refractivity contribution in [3.05, 3.63) is 33.4 Å². The highest BCUT2D eigenvalue weighted by Gasteiger charge is 2.36. The highest BCUT2D eigenvalue weighted by molar-refractivity contribution is 14.1. The monoisotopic (exact) mass is 409 g/mol. The molecule has 1 aliphatic rings. The minimum atomic E-state index is -0.465. The third-order valence-electron chi connectivity index (χ3n) is 3.53. The van der Waals surface area contributed by atoms with E-state index in [1.165, 1.54) is 12.1 Å². The number of hydrogen-bond donors (Lipinski definition) is 1. The SMILES string of the molecule is Cl.NC1(c2noc(-c3ccc(F)cc3I)n2)CCCC1. The normalized spacial score (nSPS) is 16.9. The van der Waals surface area contributed by atoms with E-state index < -0.39 is 5.54 Å². The molecule has 2 N–H and O–H groups in total. The maximum atomic E-state index is 13.1. The third kappa shape index (κ3) is 2.82. The fourth-order valence-corrected chi connectivity index (χ4v) is 3.14. The molecule has 1 fully saturated rings. The van der Waals surface area contributed by atoms with Crippen LogP contribution in [-0.4, -0.2) is 10.1 Å².